The Morgan fingerprint density at radius 1 is 1.19 bits per heavy atom. The molecule has 148 valence electrons. The molecule has 27 heavy (non-hydrogen) atoms. The van der Waals surface area contributed by atoms with E-state index in [2.05, 4.69) is 16.8 Å². The van der Waals surface area contributed by atoms with Gasteiger partial charge in [0.1, 0.15) is 0 Å². The third kappa shape index (κ3) is 4.04. The Balaban J connectivity index is 1.45. The lowest BCUT2D eigenvalue weighted by Crippen LogP contribution is -2.73. The lowest BCUT2D eigenvalue weighted by atomic mass is 9.74. The van der Waals surface area contributed by atoms with Gasteiger partial charge >= 0.3 is 0 Å². The van der Waals surface area contributed by atoms with E-state index in [-0.39, 0.29) is 11.4 Å². The fourth-order valence-electron chi connectivity index (χ4n) is 4.95. The number of ether oxygens (including phenoxy) is 1. The average Bonchev–Trinajstić information content (AvgIpc) is 3.41. The lowest BCUT2D eigenvalue weighted by molar-refractivity contribution is -0.0887. The van der Waals surface area contributed by atoms with Crippen molar-refractivity contribution in [2.75, 3.05) is 39.4 Å². The molecule has 0 radical (unpaired) electrons. The zero-order valence-electron chi connectivity index (χ0n) is 17.0. The van der Waals surface area contributed by atoms with Crippen LogP contribution in [-0.2, 0) is 4.74 Å². The quantitative estimate of drug-likeness (QED) is 0.771. The van der Waals surface area contributed by atoms with Crippen LogP contribution in [0.25, 0.3) is 0 Å². The number of piperidine rings is 1. The van der Waals surface area contributed by atoms with E-state index in [1.165, 1.54) is 25.8 Å². The molecule has 3 heterocycles. The highest BCUT2D eigenvalue weighted by Gasteiger charge is 2.53. The molecule has 4 rings (SSSR count). The van der Waals surface area contributed by atoms with Crippen molar-refractivity contribution in [3.63, 3.8) is 0 Å². The molecule has 3 aliphatic rings. The summed E-state index contributed by atoms with van der Waals surface area (Å²) in [6.45, 7) is 11.7. The van der Waals surface area contributed by atoms with E-state index in [0.29, 0.717) is 5.92 Å². The lowest BCUT2D eigenvalue weighted by Gasteiger charge is -2.59. The molecular formula is C22H33N3O2. The first-order chi connectivity index (χ1) is 13.0. The van der Waals surface area contributed by atoms with E-state index >= 15 is 0 Å². The summed E-state index contributed by atoms with van der Waals surface area (Å²) in [5.74, 6) is 1.68. The average molecular weight is 372 g/mol. The Morgan fingerprint density at radius 2 is 1.89 bits per heavy atom. The summed E-state index contributed by atoms with van der Waals surface area (Å²) in [5, 5.41) is 0. The summed E-state index contributed by atoms with van der Waals surface area (Å²) in [5.41, 5.74) is 2.79. The van der Waals surface area contributed by atoms with Crippen molar-refractivity contribution >= 4 is 5.91 Å². The molecule has 3 fully saturated rings. The largest absolute Gasteiger partial charge is 0.381 e. The van der Waals surface area contributed by atoms with Gasteiger partial charge in [0.2, 0.25) is 0 Å². The van der Waals surface area contributed by atoms with Crippen LogP contribution in [0.15, 0.2) is 12.1 Å². The van der Waals surface area contributed by atoms with E-state index in [9.17, 15) is 4.79 Å². The van der Waals surface area contributed by atoms with Crippen molar-refractivity contribution in [1.29, 1.82) is 0 Å². The van der Waals surface area contributed by atoms with Crippen LogP contribution in [0.4, 0.5) is 0 Å². The monoisotopic (exact) mass is 371 g/mol. The molecule has 1 amide bonds. The molecule has 1 aliphatic carbocycles. The highest BCUT2D eigenvalue weighted by Crippen LogP contribution is 2.42. The van der Waals surface area contributed by atoms with Crippen molar-refractivity contribution in [3.8, 4) is 0 Å². The van der Waals surface area contributed by atoms with Crippen LogP contribution in [-0.4, -0.2) is 65.6 Å². The topological polar surface area (TPSA) is 45.7 Å². The Kier molecular flexibility index (Phi) is 5.26. The molecule has 1 aromatic heterocycles. The highest BCUT2D eigenvalue weighted by molar-refractivity contribution is 5.95. The SMILES string of the molecule is CCOCC1CCN(CC2CC2)C2(C1)CN(C(=O)c1cc(C)nc(C)c1)C2. The third-order valence-corrected chi connectivity index (χ3v) is 6.47. The Hall–Kier alpha value is -1.46. The van der Waals surface area contributed by atoms with E-state index < -0.39 is 0 Å². The molecule has 0 bridgehead atoms. The maximum atomic E-state index is 13.0. The van der Waals surface area contributed by atoms with Gasteiger partial charge < -0.3 is 9.64 Å². The molecular weight excluding hydrogens is 338 g/mol. The molecule has 2 aliphatic heterocycles. The first-order valence-corrected chi connectivity index (χ1v) is 10.6. The number of hydrogen-bond donors (Lipinski definition) is 0. The zero-order chi connectivity index (χ0) is 19.0. The Labute approximate surface area is 163 Å². The van der Waals surface area contributed by atoms with Gasteiger partial charge in [-0.3, -0.25) is 14.7 Å². The molecule has 1 aromatic rings. The fourth-order valence-corrected chi connectivity index (χ4v) is 4.95. The van der Waals surface area contributed by atoms with Crippen LogP contribution in [0.3, 0.4) is 0 Å². The molecule has 0 aromatic carbocycles. The molecule has 1 atom stereocenters. The van der Waals surface area contributed by atoms with E-state index in [0.717, 1.165) is 62.1 Å². The summed E-state index contributed by atoms with van der Waals surface area (Å²) in [6, 6.07) is 3.84. The minimum atomic E-state index is 0.160. The number of amides is 1. The molecule has 2 saturated heterocycles. The van der Waals surface area contributed by atoms with Crippen LogP contribution in [0.2, 0.25) is 0 Å². The van der Waals surface area contributed by atoms with E-state index in [1.54, 1.807) is 0 Å². The van der Waals surface area contributed by atoms with Crippen molar-refractivity contribution in [1.82, 2.24) is 14.8 Å². The molecule has 5 heteroatoms. The number of rotatable bonds is 6. The maximum Gasteiger partial charge on any atom is 0.254 e. The predicted molar refractivity (Wildman–Crippen MR) is 106 cm³/mol. The minimum absolute atomic E-state index is 0.160. The van der Waals surface area contributed by atoms with Crippen molar-refractivity contribution in [2.24, 2.45) is 11.8 Å². The number of carbonyl (C=O) groups is 1. The smallest absolute Gasteiger partial charge is 0.254 e. The van der Waals surface area contributed by atoms with Crippen molar-refractivity contribution < 1.29 is 9.53 Å². The number of aromatic nitrogens is 1. The molecule has 1 unspecified atom stereocenters. The number of pyridine rings is 1. The standard InChI is InChI=1S/C22H33N3O2/c1-4-27-13-19-7-8-25(12-18-5-6-18)22(11-19)14-24(15-22)21(26)20-9-16(2)23-17(3)10-20/h9-10,18-19H,4-8,11-15H2,1-3H3. The van der Waals surface area contributed by atoms with Gasteiger partial charge in [0.05, 0.1) is 5.54 Å². The molecule has 1 saturated carbocycles. The van der Waals surface area contributed by atoms with Crippen LogP contribution in [0.1, 0.15) is 54.4 Å². The summed E-state index contributed by atoms with van der Waals surface area (Å²) in [7, 11) is 0. The van der Waals surface area contributed by atoms with Crippen LogP contribution in [0, 0.1) is 25.7 Å². The number of carbonyl (C=O) groups excluding carboxylic acids is 1. The number of likely N-dealkylation sites (tertiary alicyclic amines) is 2. The second-order valence-corrected chi connectivity index (χ2v) is 8.93. The highest BCUT2D eigenvalue weighted by atomic mass is 16.5. The van der Waals surface area contributed by atoms with Gasteiger partial charge in [-0.05, 0) is 77.0 Å². The van der Waals surface area contributed by atoms with Crippen LogP contribution >= 0.6 is 0 Å². The second-order valence-electron chi connectivity index (χ2n) is 8.93. The third-order valence-electron chi connectivity index (χ3n) is 6.47. The summed E-state index contributed by atoms with van der Waals surface area (Å²) in [6.07, 6.45) is 5.16. The maximum absolute atomic E-state index is 13.0. The van der Waals surface area contributed by atoms with Gasteiger partial charge in [-0.2, -0.15) is 0 Å². The van der Waals surface area contributed by atoms with Crippen LogP contribution in [0.5, 0.6) is 0 Å². The van der Waals surface area contributed by atoms with Gasteiger partial charge in [-0.15, -0.1) is 0 Å². The Morgan fingerprint density at radius 3 is 2.52 bits per heavy atom. The summed E-state index contributed by atoms with van der Waals surface area (Å²) < 4.78 is 5.73. The summed E-state index contributed by atoms with van der Waals surface area (Å²) >= 11 is 0. The van der Waals surface area contributed by atoms with E-state index in [1.807, 2.05) is 30.9 Å². The molecule has 1 spiro atoms. The normalized spacial score (nSPS) is 24.9. The first kappa shape index (κ1) is 18.9. The fraction of sp³-hybridized carbons (Fsp3) is 0.727. The van der Waals surface area contributed by atoms with Gasteiger partial charge in [0.15, 0.2) is 0 Å². The van der Waals surface area contributed by atoms with Gasteiger partial charge in [-0.25, -0.2) is 0 Å². The van der Waals surface area contributed by atoms with E-state index in [4.69, 9.17) is 4.74 Å². The molecule has 0 N–H and O–H groups in total. The number of aryl methyl sites for hydroxylation is 2. The second kappa shape index (κ2) is 7.51. The minimum Gasteiger partial charge on any atom is -0.381 e. The number of hydrogen-bond acceptors (Lipinski definition) is 4. The predicted octanol–water partition coefficient (Wildman–Crippen LogP) is 3.05. The zero-order valence-corrected chi connectivity index (χ0v) is 17.0. The Bertz CT molecular complexity index is 675. The first-order valence-electron chi connectivity index (χ1n) is 10.6. The van der Waals surface area contributed by atoms with Gasteiger partial charge in [0.25, 0.3) is 5.91 Å². The van der Waals surface area contributed by atoms with Crippen LogP contribution < -0.4 is 0 Å². The van der Waals surface area contributed by atoms with Crippen molar-refractivity contribution in [2.45, 2.75) is 52.0 Å². The van der Waals surface area contributed by atoms with Gasteiger partial charge in [-0.1, -0.05) is 0 Å². The summed E-state index contributed by atoms with van der Waals surface area (Å²) in [4.78, 5) is 22.2. The van der Waals surface area contributed by atoms with Crippen molar-refractivity contribution in [3.05, 3.63) is 29.1 Å². The number of nitrogens with zero attached hydrogens (tertiary/aromatic N) is 3. The molecule has 5 nitrogen and oxygen atoms in total. The van der Waals surface area contributed by atoms with Gasteiger partial charge in [0, 0.05) is 49.8 Å².